The van der Waals surface area contributed by atoms with Gasteiger partial charge in [0.2, 0.25) is 5.91 Å². The molecule has 3 N–H and O–H groups in total. The van der Waals surface area contributed by atoms with E-state index < -0.39 is 23.6 Å². The number of primary amides is 1. The van der Waals surface area contributed by atoms with Gasteiger partial charge in [-0.05, 0) is 31.7 Å². The van der Waals surface area contributed by atoms with Crippen molar-refractivity contribution in [3.05, 3.63) is 35.4 Å². The van der Waals surface area contributed by atoms with Crippen LogP contribution in [0.1, 0.15) is 18.5 Å². The van der Waals surface area contributed by atoms with Crippen LogP contribution in [0.5, 0.6) is 0 Å². The van der Waals surface area contributed by atoms with E-state index in [0.717, 1.165) is 12.1 Å². The number of amides is 3. The number of nitrogens with zero attached hydrogens (tertiary/aromatic N) is 1. The number of carbonyl (C=O) groups excluding carboxylic acids is 2. The summed E-state index contributed by atoms with van der Waals surface area (Å²) in [6, 6.07) is 2.28. The fraction of sp³-hybridized carbons (Fsp3) is 0.333. The number of halogens is 2. The van der Waals surface area contributed by atoms with E-state index in [1.807, 2.05) is 5.32 Å². The molecule has 0 aromatic heterocycles. The van der Waals surface area contributed by atoms with Crippen LogP contribution < -0.4 is 11.1 Å². The van der Waals surface area contributed by atoms with Gasteiger partial charge in [0.1, 0.15) is 0 Å². The quantitative estimate of drug-likeness (QED) is 0.862. The molecule has 104 valence electrons. The maximum absolute atomic E-state index is 13.1. The van der Waals surface area contributed by atoms with Crippen LogP contribution in [0.3, 0.4) is 0 Å². The molecule has 7 heteroatoms. The fourth-order valence-corrected chi connectivity index (χ4v) is 1.57. The number of nitrogens with two attached hydrogens (primary N) is 1. The number of hydrogen-bond donors (Lipinski definition) is 2. The molecule has 0 saturated carbocycles. The van der Waals surface area contributed by atoms with Gasteiger partial charge in [0.05, 0.1) is 6.54 Å². The summed E-state index contributed by atoms with van der Waals surface area (Å²) in [4.78, 5) is 23.4. The van der Waals surface area contributed by atoms with Crippen molar-refractivity contribution in [2.45, 2.75) is 13.0 Å². The average molecular weight is 271 g/mol. The lowest BCUT2D eigenvalue weighted by atomic mass is 10.1. The van der Waals surface area contributed by atoms with Crippen molar-refractivity contribution in [3.63, 3.8) is 0 Å². The predicted octanol–water partition coefficient (Wildman–Crippen LogP) is 1.15. The SMILES string of the molecule is CC(c1ccc(F)c(F)c1)N(C)CC(=O)NC(N)=O. The molecular weight excluding hydrogens is 256 g/mol. The molecule has 1 aromatic rings. The summed E-state index contributed by atoms with van der Waals surface area (Å²) in [6.45, 7) is 1.63. The van der Waals surface area contributed by atoms with Gasteiger partial charge in [0.15, 0.2) is 11.6 Å². The van der Waals surface area contributed by atoms with E-state index in [2.05, 4.69) is 0 Å². The van der Waals surface area contributed by atoms with Gasteiger partial charge < -0.3 is 5.73 Å². The number of urea groups is 1. The summed E-state index contributed by atoms with van der Waals surface area (Å²) in [5.41, 5.74) is 5.33. The van der Waals surface area contributed by atoms with E-state index in [0.29, 0.717) is 5.56 Å². The Morgan fingerprint density at radius 2 is 2.00 bits per heavy atom. The van der Waals surface area contributed by atoms with Crippen LogP contribution in [0.4, 0.5) is 13.6 Å². The van der Waals surface area contributed by atoms with E-state index in [4.69, 9.17) is 5.73 Å². The second-order valence-corrected chi connectivity index (χ2v) is 4.18. The van der Waals surface area contributed by atoms with Crippen LogP contribution in [0.2, 0.25) is 0 Å². The van der Waals surface area contributed by atoms with E-state index >= 15 is 0 Å². The van der Waals surface area contributed by atoms with Gasteiger partial charge in [0.25, 0.3) is 0 Å². The highest BCUT2D eigenvalue weighted by Gasteiger charge is 2.17. The van der Waals surface area contributed by atoms with Crippen molar-refractivity contribution < 1.29 is 18.4 Å². The first-order valence-electron chi connectivity index (χ1n) is 5.55. The Morgan fingerprint density at radius 1 is 1.37 bits per heavy atom. The number of carbonyl (C=O) groups is 2. The Balaban J connectivity index is 2.70. The smallest absolute Gasteiger partial charge is 0.318 e. The highest BCUT2D eigenvalue weighted by atomic mass is 19.2. The Morgan fingerprint density at radius 3 is 2.53 bits per heavy atom. The molecule has 5 nitrogen and oxygen atoms in total. The Labute approximate surface area is 109 Å². The van der Waals surface area contributed by atoms with Crippen molar-refractivity contribution >= 4 is 11.9 Å². The van der Waals surface area contributed by atoms with Crippen LogP contribution in [-0.4, -0.2) is 30.4 Å². The molecule has 0 aliphatic carbocycles. The van der Waals surface area contributed by atoms with Crippen LogP contribution in [0.25, 0.3) is 0 Å². The monoisotopic (exact) mass is 271 g/mol. The second kappa shape index (κ2) is 6.24. The summed E-state index contributed by atoms with van der Waals surface area (Å²) in [5.74, 6) is -2.44. The summed E-state index contributed by atoms with van der Waals surface area (Å²) in [7, 11) is 1.62. The van der Waals surface area contributed by atoms with Crippen molar-refractivity contribution in [2.24, 2.45) is 5.73 Å². The van der Waals surface area contributed by atoms with Crippen LogP contribution in [0, 0.1) is 11.6 Å². The number of nitrogens with one attached hydrogen (secondary N) is 1. The van der Waals surface area contributed by atoms with E-state index in [1.54, 1.807) is 18.9 Å². The lowest BCUT2D eigenvalue weighted by molar-refractivity contribution is -0.121. The Kier molecular flexibility index (Phi) is 4.94. The third-order valence-electron chi connectivity index (χ3n) is 2.74. The van der Waals surface area contributed by atoms with E-state index in [-0.39, 0.29) is 12.6 Å². The molecule has 19 heavy (non-hydrogen) atoms. The maximum atomic E-state index is 13.1. The minimum Gasteiger partial charge on any atom is -0.351 e. The topological polar surface area (TPSA) is 75.4 Å². The standard InChI is InChI=1S/C12H15F2N3O2/c1-7(8-3-4-9(13)10(14)5-8)17(2)6-11(18)16-12(15)19/h3-5,7H,6H2,1-2H3,(H3,15,16,18,19). The highest BCUT2D eigenvalue weighted by Crippen LogP contribution is 2.20. The average Bonchev–Trinajstić information content (AvgIpc) is 2.30. The molecule has 3 amide bonds. The first-order valence-corrected chi connectivity index (χ1v) is 5.55. The normalized spacial score (nSPS) is 12.3. The molecule has 0 aliphatic rings. The first kappa shape index (κ1) is 15.0. The lowest BCUT2D eigenvalue weighted by Crippen LogP contribution is -2.41. The van der Waals surface area contributed by atoms with Gasteiger partial charge in [-0.2, -0.15) is 0 Å². The molecule has 0 spiro atoms. The van der Waals surface area contributed by atoms with Crippen molar-refractivity contribution in [2.75, 3.05) is 13.6 Å². The lowest BCUT2D eigenvalue weighted by Gasteiger charge is -2.24. The zero-order valence-electron chi connectivity index (χ0n) is 10.6. The molecule has 1 atom stereocenters. The van der Waals surface area contributed by atoms with Gasteiger partial charge in [-0.15, -0.1) is 0 Å². The highest BCUT2D eigenvalue weighted by molar-refractivity contribution is 5.94. The molecule has 0 aliphatic heterocycles. The molecule has 1 aromatic carbocycles. The molecule has 0 bridgehead atoms. The predicted molar refractivity (Wildman–Crippen MR) is 65.1 cm³/mol. The zero-order valence-corrected chi connectivity index (χ0v) is 10.6. The minimum atomic E-state index is -0.945. The van der Waals surface area contributed by atoms with E-state index in [1.165, 1.54) is 6.07 Å². The summed E-state index contributed by atoms with van der Waals surface area (Å²) >= 11 is 0. The van der Waals surface area contributed by atoms with Crippen LogP contribution >= 0.6 is 0 Å². The van der Waals surface area contributed by atoms with Crippen molar-refractivity contribution in [3.8, 4) is 0 Å². The molecule has 1 rings (SSSR count). The Bertz CT molecular complexity index is 494. The summed E-state index contributed by atoms with van der Waals surface area (Å²) < 4.78 is 25.9. The molecule has 0 saturated heterocycles. The van der Waals surface area contributed by atoms with Crippen LogP contribution in [0.15, 0.2) is 18.2 Å². The Hall–Kier alpha value is -2.02. The summed E-state index contributed by atoms with van der Waals surface area (Å²) in [6.07, 6.45) is 0. The van der Waals surface area contributed by atoms with Crippen molar-refractivity contribution in [1.29, 1.82) is 0 Å². The number of benzene rings is 1. The number of likely N-dealkylation sites (N-methyl/N-ethyl adjacent to an activating group) is 1. The third-order valence-corrected chi connectivity index (χ3v) is 2.74. The first-order chi connectivity index (χ1) is 8.81. The fourth-order valence-electron chi connectivity index (χ4n) is 1.57. The molecule has 0 radical (unpaired) electrons. The van der Waals surface area contributed by atoms with Crippen LogP contribution in [-0.2, 0) is 4.79 Å². The van der Waals surface area contributed by atoms with Gasteiger partial charge in [0, 0.05) is 6.04 Å². The minimum absolute atomic E-state index is 0.0941. The van der Waals surface area contributed by atoms with E-state index in [9.17, 15) is 18.4 Å². The second-order valence-electron chi connectivity index (χ2n) is 4.18. The summed E-state index contributed by atoms with van der Waals surface area (Å²) in [5, 5.41) is 1.92. The molecule has 0 fully saturated rings. The zero-order chi connectivity index (χ0) is 14.6. The number of hydrogen-bond acceptors (Lipinski definition) is 3. The largest absolute Gasteiger partial charge is 0.351 e. The number of rotatable bonds is 4. The maximum Gasteiger partial charge on any atom is 0.318 e. The molecular formula is C12H15F2N3O2. The van der Waals surface area contributed by atoms with Gasteiger partial charge in [-0.25, -0.2) is 13.6 Å². The molecule has 1 unspecified atom stereocenters. The van der Waals surface area contributed by atoms with Gasteiger partial charge in [-0.3, -0.25) is 15.0 Å². The van der Waals surface area contributed by atoms with Crippen molar-refractivity contribution in [1.82, 2.24) is 10.2 Å². The number of imide groups is 1. The third kappa shape index (κ3) is 4.29. The van der Waals surface area contributed by atoms with Gasteiger partial charge in [-0.1, -0.05) is 6.07 Å². The molecule has 0 heterocycles. The van der Waals surface area contributed by atoms with Gasteiger partial charge >= 0.3 is 6.03 Å².